The molecule has 0 saturated carbocycles. The van der Waals surface area contributed by atoms with E-state index in [-0.39, 0.29) is 17.8 Å². The molecule has 27 heavy (non-hydrogen) atoms. The van der Waals surface area contributed by atoms with Crippen LogP contribution in [0.3, 0.4) is 0 Å². The first-order chi connectivity index (χ1) is 13.0. The number of aliphatic imine (C=N–C) groups is 1. The predicted octanol–water partition coefficient (Wildman–Crippen LogP) is 2.62. The average Bonchev–Trinajstić information content (AvgIpc) is 3.04. The zero-order valence-electron chi connectivity index (χ0n) is 14.9. The van der Waals surface area contributed by atoms with E-state index in [1.165, 1.54) is 12.3 Å². The Bertz CT molecular complexity index is 950. The number of nitrogens with two attached hydrogens (primary N) is 1. The van der Waals surface area contributed by atoms with Crippen molar-refractivity contribution in [3.63, 3.8) is 0 Å². The van der Waals surface area contributed by atoms with Crippen LogP contribution in [0.4, 0.5) is 4.39 Å². The van der Waals surface area contributed by atoms with E-state index >= 15 is 0 Å². The van der Waals surface area contributed by atoms with Crippen LogP contribution in [0.15, 0.2) is 41.7 Å². The summed E-state index contributed by atoms with van der Waals surface area (Å²) < 4.78 is 31.4. The molecule has 3 atom stereocenters. The number of rotatable bonds is 1. The first-order valence-corrected chi connectivity index (χ1v) is 9.01. The lowest BCUT2D eigenvalue weighted by Crippen LogP contribution is -2.59. The standard InChI is InChI=1S/C20H20FN3O3/c1-19-4-5-25-10-17(19)20(11-26-18(22)24-20)15-7-12(2-3-16(15)27-19)13-6-14(21)9-23-8-13/h2-3,6-9,17H,4-5,10-11H2,1H3,(H2,22,24)/t17-,19?,20?/m1/s1. The monoisotopic (exact) mass is 369 g/mol. The van der Waals surface area contributed by atoms with E-state index in [1.807, 2.05) is 18.2 Å². The van der Waals surface area contributed by atoms with Gasteiger partial charge in [-0.25, -0.2) is 9.38 Å². The van der Waals surface area contributed by atoms with Crippen LogP contribution in [0.25, 0.3) is 11.1 Å². The van der Waals surface area contributed by atoms with Crippen LogP contribution in [0.2, 0.25) is 0 Å². The average molecular weight is 369 g/mol. The number of hydrogen-bond donors (Lipinski definition) is 1. The fraction of sp³-hybridized carbons (Fsp3) is 0.400. The molecule has 1 spiro atoms. The molecule has 5 rings (SSSR count). The lowest BCUT2D eigenvalue weighted by molar-refractivity contribution is -0.129. The summed E-state index contributed by atoms with van der Waals surface area (Å²) in [7, 11) is 0. The van der Waals surface area contributed by atoms with Crippen molar-refractivity contribution in [3.05, 3.63) is 48.0 Å². The molecule has 0 radical (unpaired) electrons. The quantitative estimate of drug-likeness (QED) is 0.836. The first-order valence-electron chi connectivity index (χ1n) is 9.01. The maximum atomic E-state index is 13.6. The number of fused-ring (bicyclic) bond motifs is 4. The van der Waals surface area contributed by atoms with Crippen molar-refractivity contribution in [1.82, 2.24) is 4.98 Å². The predicted molar refractivity (Wildman–Crippen MR) is 96.8 cm³/mol. The number of amidine groups is 1. The van der Waals surface area contributed by atoms with Crippen LogP contribution in [-0.2, 0) is 15.0 Å². The summed E-state index contributed by atoms with van der Waals surface area (Å²) in [6.07, 6.45) is 3.59. The molecular weight excluding hydrogens is 349 g/mol. The van der Waals surface area contributed by atoms with Crippen molar-refractivity contribution in [2.24, 2.45) is 16.6 Å². The van der Waals surface area contributed by atoms with Gasteiger partial charge in [-0.15, -0.1) is 0 Å². The van der Waals surface area contributed by atoms with Gasteiger partial charge in [0.2, 0.25) is 0 Å². The number of pyridine rings is 1. The van der Waals surface area contributed by atoms with Gasteiger partial charge in [-0.2, -0.15) is 0 Å². The number of nitrogens with zero attached hydrogens (tertiary/aromatic N) is 2. The van der Waals surface area contributed by atoms with E-state index in [2.05, 4.69) is 11.9 Å². The minimum atomic E-state index is -0.677. The Morgan fingerprint density at radius 2 is 2.11 bits per heavy atom. The van der Waals surface area contributed by atoms with Gasteiger partial charge in [-0.3, -0.25) is 4.98 Å². The van der Waals surface area contributed by atoms with Gasteiger partial charge in [-0.1, -0.05) is 6.07 Å². The summed E-state index contributed by atoms with van der Waals surface area (Å²) >= 11 is 0. The first kappa shape index (κ1) is 16.5. The summed E-state index contributed by atoms with van der Waals surface area (Å²) in [5.41, 5.74) is 7.25. The molecule has 0 aliphatic carbocycles. The molecule has 3 aliphatic heterocycles. The van der Waals surface area contributed by atoms with Gasteiger partial charge in [0.1, 0.15) is 29.3 Å². The molecule has 1 fully saturated rings. The fourth-order valence-corrected chi connectivity index (χ4v) is 4.50. The van der Waals surface area contributed by atoms with E-state index in [0.717, 1.165) is 23.3 Å². The van der Waals surface area contributed by atoms with Crippen LogP contribution in [0.1, 0.15) is 18.9 Å². The Morgan fingerprint density at radius 1 is 1.22 bits per heavy atom. The minimum Gasteiger partial charge on any atom is -0.487 e. The highest BCUT2D eigenvalue weighted by molar-refractivity contribution is 5.75. The summed E-state index contributed by atoms with van der Waals surface area (Å²) in [6.45, 7) is 3.59. The van der Waals surface area contributed by atoms with Gasteiger partial charge in [-0.05, 0) is 30.7 Å². The molecule has 1 aromatic carbocycles. The van der Waals surface area contributed by atoms with Crippen LogP contribution in [0.5, 0.6) is 5.75 Å². The van der Waals surface area contributed by atoms with Crippen LogP contribution in [0, 0.1) is 11.7 Å². The number of halogens is 1. The van der Waals surface area contributed by atoms with Gasteiger partial charge in [0.15, 0.2) is 0 Å². The molecule has 0 bridgehead atoms. The highest BCUT2D eigenvalue weighted by Gasteiger charge is 2.59. The summed E-state index contributed by atoms with van der Waals surface area (Å²) in [5.74, 6) is 0.343. The molecule has 4 heterocycles. The maximum Gasteiger partial charge on any atom is 0.283 e. The van der Waals surface area contributed by atoms with Crippen LogP contribution < -0.4 is 10.5 Å². The van der Waals surface area contributed by atoms with Crippen molar-refractivity contribution in [1.29, 1.82) is 0 Å². The molecule has 1 aromatic heterocycles. The number of hydrogen-bond acceptors (Lipinski definition) is 6. The molecule has 2 aromatic rings. The van der Waals surface area contributed by atoms with Gasteiger partial charge in [0.25, 0.3) is 6.02 Å². The number of aromatic nitrogens is 1. The lowest BCUT2D eigenvalue weighted by Gasteiger charge is -2.52. The third-order valence-electron chi connectivity index (χ3n) is 5.92. The van der Waals surface area contributed by atoms with Gasteiger partial charge in [0.05, 0.1) is 25.3 Å². The topological polar surface area (TPSA) is 79.0 Å². The molecule has 1 saturated heterocycles. The van der Waals surface area contributed by atoms with Crippen molar-refractivity contribution in [2.45, 2.75) is 24.5 Å². The zero-order chi connectivity index (χ0) is 18.6. The number of benzene rings is 1. The normalized spacial score (nSPS) is 31.5. The maximum absolute atomic E-state index is 13.6. The number of ether oxygens (including phenoxy) is 3. The minimum absolute atomic E-state index is 0.0341. The highest BCUT2D eigenvalue weighted by Crippen LogP contribution is 2.54. The van der Waals surface area contributed by atoms with Crippen molar-refractivity contribution >= 4 is 6.02 Å². The second-order valence-corrected chi connectivity index (χ2v) is 7.56. The largest absolute Gasteiger partial charge is 0.487 e. The van der Waals surface area contributed by atoms with Crippen LogP contribution in [-0.4, -0.2) is 36.4 Å². The zero-order valence-corrected chi connectivity index (χ0v) is 14.9. The molecule has 0 amide bonds. The third-order valence-corrected chi connectivity index (χ3v) is 5.92. The Morgan fingerprint density at radius 3 is 2.89 bits per heavy atom. The van der Waals surface area contributed by atoms with Crippen LogP contribution >= 0.6 is 0 Å². The van der Waals surface area contributed by atoms with Crippen molar-refractivity contribution in [2.75, 3.05) is 19.8 Å². The summed E-state index contributed by atoms with van der Waals surface area (Å²) in [4.78, 5) is 8.68. The third kappa shape index (κ3) is 2.41. The molecule has 2 N–H and O–H groups in total. The second kappa shape index (κ2) is 5.66. The van der Waals surface area contributed by atoms with E-state index in [4.69, 9.17) is 24.9 Å². The molecule has 3 aliphatic rings. The van der Waals surface area contributed by atoms with Gasteiger partial charge < -0.3 is 19.9 Å². The smallest absolute Gasteiger partial charge is 0.283 e. The van der Waals surface area contributed by atoms with E-state index in [1.54, 1.807) is 6.20 Å². The fourth-order valence-electron chi connectivity index (χ4n) is 4.50. The van der Waals surface area contributed by atoms with Gasteiger partial charge in [0, 0.05) is 23.7 Å². The van der Waals surface area contributed by atoms with Crippen molar-refractivity contribution < 1.29 is 18.6 Å². The molecular formula is C20H20FN3O3. The molecule has 2 unspecified atom stereocenters. The Kier molecular flexibility index (Phi) is 3.46. The van der Waals surface area contributed by atoms with Gasteiger partial charge >= 0.3 is 0 Å². The summed E-state index contributed by atoms with van der Waals surface area (Å²) in [6, 6.07) is 7.44. The Balaban J connectivity index is 1.70. The van der Waals surface area contributed by atoms with E-state index < -0.39 is 11.1 Å². The summed E-state index contributed by atoms with van der Waals surface area (Å²) in [5, 5.41) is 0. The highest BCUT2D eigenvalue weighted by atomic mass is 19.1. The second-order valence-electron chi connectivity index (χ2n) is 7.56. The molecule has 6 nitrogen and oxygen atoms in total. The van der Waals surface area contributed by atoms with E-state index in [0.29, 0.717) is 25.4 Å². The molecule has 140 valence electrons. The lowest BCUT2D eigenvalue weighted by atomic mass is 9.66. The Hall–Kier alpha value is -2.67. The van der Waals surface area contributed by atoms with E-state index in [9.17, 15) is 4.39 Å². The Labute approximate surface area is 156 Å². The van der Waals surface area contributed by atoms with Crippen molar-refractivity contribution in [3.8, 4) is 16.9 Å². The SMILES string of the molecule is CC12CCOC[C@H]1C1(COC(N)=N1)c1cc(-c3cncc(F)c3)ccc1O2. The molecule has 7 heteroatoms.